The number of benzene rings is 1. The van der Waals surface area contributed by atoms with E-state index in [-0.39, 0.29) is 6.42 Å². The molecule has 1 heterocycles. The van der Waals surface area contributed by atoms with E-state index in [1.807, 2.05) is 24.3 Å². The summed E-state index contributed by atoms with van der Waals surface area (Å²) in [6, 6.07) is 7.76. The molecule has 0 aromatic heterocycles. The zero-order valence-electron chi connectivity index (χ0n) is 12.4. The Morgan fingerprint density at radius 2 is 1.82 bits per heavy atom. The molecule has 1 amide bonds. The predicted molar refractivity (Wildman–Crippen MR) is 75.3 cm³/mol. The van der Waals surface area contributed by atoms with Gasteiger partial charge in [0.25, 0.3) is 5.66 Å². The van der Waals surface area contributed by atoms with Crippen molar-refractivity contribution in [3.8, 4) is 0 Å². The van der Waals surface area contributed by atoms with Crippen molar-refractivity contribution in [2.24, 2.45) is 10.2 Å². The lowest BCUT2D eigenvalue weighted by molar-refractivity contribution is -0.165. The topological polar surface area (TPSA) is 53.8 Å². The number of alkyl halides is 3. The number of hydrogen-bond donors (Lipinski definition) is 1. The molecule has 0 unspecified atom stereocenters. The van der Waals surface area contributed by atoms with Crippen LogP contribution in [0.5, 0.6) is 0 Å². The molecule has 22 heavy (non-hydrogen) atoms. The minimum atomic E-state index is -4.51. The number of nitrogens with one attached hydrogen (secondary N) is 1. The zero-order chi connectivity index (χ0) is 16.4. The van der Waals surface area contributed by atoms with Crippen LogP contribution in [0.2, 0.25) is 0 Å². The summed E-state index contributed by atoms with van der Waals surface area (Å²) in [4.78, 5) is 11.6. The van der Waals surface area contributed by atoms with E-state index in [0.29, 0.717) is 12.5 Å². The second-order valence-electron chi connectivity index (χ2n) is 5.69. The fourth-order valence-corrected chi connectivity index (χ4v) is 2.01. The summed E-state index contributed by atoms with van der Waals surface area (Å²) >= 11 is 0. The quantitative estimate of drug-likeness (QED) is 0.850. The van der Waals surface area contributed by atoms with Gasteiger partial charge in [0.05, 0.1) is 0 Å². The summed E-state index contributed by atoms with van der Waals surface area (Å²) in [5.74, 6) is -0.0119. The van der Waals surface area contributed by atoms with E-state index >= 15 is 0 Å². The van der Waals surface area contributed by atoms with Crippen LogP contribution in [0, 0.1) is 0 Å². The van der Waals surface area contributed by atoms with Crippen LogP contribution in [0.1, 0.15) is 43.7 Å². The van der Waals surface area contributed by atoms with Crippen molar-refractivity contribution < 1.29 is 18.0 Å². The van der Waals surface area contributed by atoms with E-state index in [4.69, 9.17) is 0 Å². The van der Waals surface area contributed by atoms with Gasteiger partial charge in [0.1, 0.15) is 0 Å². The first-order chi connectivity index (χ1) is 10.2. The third-order valence-electron chi connectivity index (χ3n) is 3.63. The minimum absolute atomic E-state index is 0.253. The SMILES string of the molecule is CC(C)c1ccc(CNC(=O)CCC2(C(F)(F)F)N=N2)cc1. The first-order valence-electron chi connectivity index (χ1n) is 7.10. The standard InChI is InChI=1S/C15H18F3N3O/c1-10(2)12-5-3-11(4-6-12)9-19-13(22)7-8-14(20-21-14)15(16,17)18/h3-6,10H,7-9H2,1-2H3,(H,19,22). The van der Waals surface area contributed by atoms with Gasteiger partial charge in [0.2, 0.25) is 5.91 Å². The fourth-order valence-electron chi connectivity index (χ4n) is 2.01. The molecular weight excluding hydrogens is 295 g/mol. The maximum atomic E-state index is 12.6. The Balaban J connectivity index is 1.76. The van der Waals surface area contributed by atoms with Crippen molar-refractivity contribution in [2.45, 2.75) is 51.0 Å². The lowest BCUT2D eigenvalue weighted by Crippen LogP contribution is -2.34. The lowest BCUT2D eigenvalue weighted by atomic mass is 10.0. The highest BCUT2D eigenvalue weighted by atomic mass is 19.4. The molecule has 1 N–H and O–H groups in total. The second kappa shape index (κ2) is 6.06. The molecule has 1 aromatic carbocycles. The molecule has 1 aliphatic heterocycles. The zero-order valence-corrected chi connectivity index (χ0v) is 12.4. The summed E-state index contributed by atoms with van der Waals surface area (Å²) in [5.41, 5.74) is -0.244. The highest BCUT2D eigenvalue weighted by molar-refractivity contribution is 5.76. The maximum Gasteiger partial charge on any atom is 0.437 e. The normalized spacial score (nSPS) is 15.9. The molecule has 1 aromatic rings. The van der Waals surface area contributed by atoms with Crippen molar-refractivity contribution in [3.05, 3.63) is 35.4 Å². The van der Waals surface area contributed by atoms with E-state index in [1.165, 1.54) is 5.56 Å². The van der Waals surface area contributed by atoms with Gasteiger partial charge in [-0.15, -0.1) is 10.2 Å². The molecule has 0 fully saturated rings. The van der Waals surface area contributed by atoms with E-state index in [1.54, 1.807) is 0 Å². The summed E-state index contributed by atoms with van der Waals surface area (Å²) in [7, 11) is 0. The molecule has 0 saturated heterocycles. The average molecular weight is 313 g/mol. The van der Waals surface area contributed by atoms with Crippen LogP contribution in [0.4, 0.5) is 13.2 Å². The van der Waals surface area contributed by atoms with E-state index in [2.05, 4.69) is 29.4 Å². The fraction of sp³-hybridized carbons (Fsp3) is 0.533. The van der Waals surface area contributed by atoms with E-state index in [0.717, 1.165) is 5.56 Å². The summed E-state index contributed by atoms with van der Waals surface area (Å²) < 4.78 is 37.7. The molecule has 120 valence electrons. The molecule has 1 aliphatic rings. The summed E-state index contributed by atoms with van der Waals surface area (Å²) in [6.45, 7) is 4.47. The highest BCUT2D eigenvalue weighted by Crippen LogP contribution is 2.47. The van der Waals surface area contributed by atoms with Crippen LogP contribution in [-0.2, 0) is 11.3 Å². The van der Waals surface area contributed by atoms with Crippen molar-refractivity contribution in [1.29, 1.82) is 0 Å². The first-order valence-corrected chi connectivity index (χ1v) is 7.10. The Kier molecular flexibility index (Phi) is 4.53. The highest BCUT2D eigenvalue weighted by Gasteiger charge is 2.63. The van der Waals surface area contributed by atoms with Crippen molar-refractivity contribution in [3.63, 3.8) is 0 Å². The number of rotatable bonds is 6. The van der Waals surface area contributed by atoms with Crippen molar-refractivity contribution >= 4 is 5.91 Å². The number of carbonyl (C=O) groups is 1. The summed E-state index contributed by atoms with van der Waals surface area (Å²) in [5, 5.41) is 8.69. The van der Waals surface area contributed by atoms with E-state index < -0.39 is 24.2 Å². The van der Waals surface area contributed by atoms with E-state index in [9.17, 15) is 18.0 Å². The Morgan fingerprint density at radius 1 is 1.23 bits per heavy atom. The molecule has 0 saturated carbocycles. The van der Waals surface area contributed by atoms with Crippen molar-refractivity contribution in [1.82, 2.24) is 5.32 Å². The van der Waals surface area contributed by atoms with Gasteiger partial charge < -0.3 is 5.32 Å². The van der Waals surface area contributed by atoms with Crippen LogP contribution in [0.25, 0.3) is 0 Å². The van der Waals surface area contributed by atoms with Gasteiger partial charge in [-0.25, -0.2) is 0 Å². The molecule has 0 spiro atoms. The van der Waals surface area contributed by atoms with Crippen LogP contribution in [0.15, 0.2) is 34.5 Å². The number of amides is 1. The Labute approximate surface area is 126 Å². The minimum Gasteiger partial charge on any atom is -0.352 e. The lowest BCUT2D eigenvalue weighted by Gasteiger charge is -2.14. The monoisotopic (exact) mass is 313 g/mol. The van der Waals surface area contributed by atoms with Crippen LogP contribution < -0.4 is 5.32 Å². The molecule has 0 radical (unpaired) electrons. The number of nitrogens with zero attached hydrogens (tertiary/aromatic N) is 2. The van der Waals surface area contributed by atoms with Gasteiger partial charge in [0.15, 0.2) is 0 Å². The Morgan fingerprint density at radius 3 is 2.27 bits per heavy atom. The van der Waals surface area contributed by atoms with Crippen LogP contribution >= 0.6 is 0 Å². The first kappa shape index (κ1) is 16.5. The maximum absolute atomic E-state index is 12.6. The smallest absolute Gasteiger partial charge is 0.352 e. The third kappa shape index (κ3) is 3.84. The molecule has 7 heteroatoms. The number of carbonyl (C=O) groups excluding carboxylic acids is 1. The van der Waals surface area contributed by atoms with Gasteiger partial charge in [-0.05, 0) is 17.0 Å². The van der Waals surface area contributed by atoms with Crippen LogP contribution in [0.3, 0.4) is 0 Å². The van der Waals surface area contributed by atoms with Crippen molar-refractivity contribution in [2.75, 3.05) is 0 Å². The Hall–Kier alpha value is -1.92. The second-order valence-corrected chi connectivity index (χ2v) is 5.69. The number of halogens is 3. The molecule has 0 atom stereocenters. The Bertz CT molecular complexity index is 558. The summed E-state index contributed by atoms with van der Waals surface area (Å²) in [6.07, 6.45) is -5.20. The predicted octanol–water partition coefficient (Wildman–Crippen LogP) is 3.93. The molecule has 0 bridgehead atoms. The average Bonchev–Trinajstić information content (AvgIpc) is 3.24. The van der Waals surface area contributed by atoms with Gasteiger partial charge >= 0.3 is 6.18 Å². The molecule has 0 aliphatic carbocycles. The van der Waals surface area contributed by atoms with Gasteiger partial charge in [-0.1, -0.05) is 38.1 Å². The largest absolute Gasteiger partial charge is 0.437 e. The van der Waals surface area contributed by atoms with Crippen LogP contribution in [-0.4, -0.2) is 17.7 Å². The van der Waals surface area contributed by atoms with Gasteiger partial charge in [-0.3, -0.25) is 4.79 Å². The van der Waals surface area contributed by atoms with Gasteiger partial charge in [0, 0.05) is 19.4 Å². The molecular formula is C15H18F3N3O. The molecule has 4 nitrogen and oxygen atoms in total. The molecule has 2 rings (SSSR count). The number of hydrogen-bond acceptors (Lipinski definition) is 3. The van der Waals surface area contributed by atoms with Gasteiger partial charge in [-0.2, -0.15) is 13.2 Å². The third-order valence-corrected chi connectivity index (χ3v) is 3.63.